The second-order valence-corrected chi connectivity index (χ2v) is 9.98. The number of benzene rings is 1. The van der Waals surface area contributed by atoms with Gasteiger partial charge in [-0.05, 0) is 40.5 Å². The van der Waals surface area contributed by atoms with Gasteiger partial charge in [0.15, 0.2) is 9.84 Å². The molecular weight excluding hydrogens is 422 g/mol. The van der Waals surface area contributed by atoms with Crippen molar-refractivity contribution in [3.05, 3.63) is 27.1 Å². The summed E-state index contributed by atoms with van der Waals surface area (Å²) < 4.78 is 50.6. The summed E-state index contributed by atoms with van der Waals surface area (Å²) in [5.74, 6) is -0.113. The van der Waals surface area contributed by atoms with Crippen LogP contribution in [0, 0.1) is 0 Å². The summed E-state index contributed by atoms with van der Waals surface area (Å²) in [6.07, 6.45) is 0.313. The average Bonchev–Trinajstić information content (AvgIpc) is 2.60. The quantitative estimate of drug-likeness (QED) is 0.787. The van der Waals surface area contributed by atoms with E-state index in [1.54, 1.807) is 12.1 Å². The number of sulfone groups is 1. The molecule has 0 amide bonds. The van der Waals surface area contributed by atoms with E-state index in [1.165, 1.54) is 6.07 Å². The van der Waals surface area contributed by atoms with Gasteiger partial charge in [0, 0.05) is 15.0 Å². The third-order valence-electron chi connectivity index (χ3n) is 2.74. The molecule has 9 heteroatoms. The van der Waals surface area contributed by atoms with Crippen LogP contribution in [0.3, 0.4) is 0 Å². The third kappa shape index (κ3) is 3.78. The summed E-state index contributed by atoms with van der Waals surface area (Å²) in [5, 5.41) is 0. The van der Waals surface area contributed by atoms with Gasteiger partial charge < -0.3 is 0 Å². The van der Waals surface area contributed by atoms with Gasteiger partial charge in [0.05, 0.1) is 16.4 Å². The largest absolute Gasteiger partial charge is 0.242 e. The van der Waals surface area contributed by atoms with E-state index in [1.807, 2.05) is 0 Å². The van der Waals surface area contributed by atoms with Crippen molar-refractivity contribution in [1.82, 2.24) is 4.72 Å². The number of halogens is 2. The zero-order valence-corrected chi connectivity index (χ0v) is 14.4. The van der Waals surface area contributed by atoms with Crippen molar-refractivity contribution in [3.63, 3.8) is 0 Å². The number of sulfonamides is 1. The Bertz CT molecular complexity index is 700. The molecule has 0 bridgehead atoms. The summed E-state index contributed by atoms with van der Waals surface area (Å²) in [6, 6.07) is 4.24. The Balaban J connectivity index is 2.26. The summed E-state index contributed by atoms with van der Waals surface area (Å²) in [4.78, 5) is 0.0890. The SMILES string of the molecule is O=S1(=O)CC[C@@H](NS(=O)(=O)c2cc(Br)ccc2Br)C1. The molecule has 1 aliphatic heterocycles. The highest BCUT2D eigenvalue weighted by atomic mass is 79.9. The van der Waals surface area contributed by atoms with Crippen molar-refractivity contribution in [1.29, 1.82) is 0 Å². The predicted molar refractivity (Wildman–Crippen MR) is 79.2 cm³/mol. The van der Waals surface area contributed by atoms with Crippen molar-refractivity contribution >= 4 is 51.7 Å². The van der Waals surface area contributed by atoms with E-state index in [2.05, 4.69) is 36.6 Å². The fourth-order valence-electron chi connectivity index (χ4n) is 1.85. The monoisotopic (exact) mass is 431 g/mol. The smallest absolute Gasteiger partial charge is 0.229 e. The fourth-order valence-corrected chi connectivity index (χ4v) is 6.41. The lowest BCUT2D eigenvalue weighted by atomic mass is 10.3. The molecule has 1 aromatic carbocycles. The van der Waals surface area contributed by atoms with Gasteiger partial charge in [-0.15, -0.1) is 0 Å². The van der Waals surface area contributed by atoms with Crippen LogP contribution >= 0.6 is 31.9 Å². The van der Waals surface area contributed by atoms with Crippen LogP contribution in [-0.2, 0) is 19.9 Å². The summed E-state index contributed by atoms with van der Waals surface area (Å²) in [5.41, 5.74) is 0. The van der Waals surface area contributed by atoms with Crippen LogP contribution < -0.4 is 4.72 Å². The molecule has 1 fully saturated rings. The Morgan fingerprint density at radius 1 is 1.26 bits per heavy atom. The molecule has 106 valence electrons. The van der Waals surface area contributed by atoms with E-state index in [4.69, 9.17) is 0 Å². The van der Waals surface area contributed by atoms with Gasteiger partial charge in [0.2, 0.25) is 10.0 Å². The number of hydrogen-bond donors (Lipinski definition) is 1. The lowest BCUT2D eigenvalue weighted by molar-refractivity contribution is 0.562. The molecule has 1 atom stereocenters. The van der Waals surface area contributed by atoms with Crippen molar-refractivity contribution in [2.24, 2.45) is 0 Å². The van der Waals surface area contributed by atoms with Gasteiger partial charge in [-0.3, -0.25) is 0 Å². The standard InChI is InChI=1S/C10H11Br2NO4S2/c11-7-1-2-9(12)10(5-7)19(16,17)13-8-3-4-18(14,15)6-8/h1-2,5,8,13H,3-4,6H2/t8-/m1/s1. The van der Waals surface area contributed by atoms with Crippen LogP contribution in [0.2, 0.25) is 0 Å². The Hall–Kier alpha value is 0.0400. The maximum Gasteiger partial charge on any atom is 0.242 e. The van der Waals surface area contributed by atoms with Crippen LogP contribution in [0.15, 0.2) is 32.0 Å². The second-order valence-electron chi connectivity index (χ2n) is 4.30. The van der Waals surface area contributed by atoms with E-state index in [9.17, 15) is 16.8 Å². The van der Waals surface area contributed by atoms with Crippen LogP contribution in [0.1, 0.15) is 6.42 Å². The summed E-state index contributed by atoms with van der Waals surface area (Å²) >= 11 is 6.39. The van der Waals surface area contributed by atoms with Gasteiger partial charge in [0.25, 0.3) is 0 Å². The van der Waals surface area contributed by atoms with Gasteiger partial charge in [-0.1, -0.05) is 15.9 Å². The first-order valence-corrected chi connectivity index (χ1v) is 10.3. The normalized spacial score (nSPS) is 22.5. The molecule has 0 unspecified atom stereocenters. The van der Waals surface area contributed by atoms with Crippen LogP contribution in [0.5, 0.6) is 0 Å². The minimum atomic E-state index is -3.74. The van der Waals surface area contributed by atoms with E-state index in [0.29, 0.717) is 15.4 Å². The maximum atomic E-state index is 12.2. The highest BCUT2D eigenvalue weighted by molar-refractivity contribution is 9.11. The van der Waals surface area contributed by atoms with Gasteiger partial charge >= 0.3 is 0 Å². The average molecular weight is 433 g/mol. The Morgan fingerprint density at radius 3 is 2.53 bits per heavy atom. The molecule has 1 aromatic rings. The molecule has 0 aromatic heterocycles. The second kappa shape index (κ2) is 5.44. The zero-order valence-electron chi connectivity index (χ0n) is 9.64. The summed E-state index contributed by atoms with van der Waals surface area (Å²) in [7, 11) is -6.85. The van der Waals surface area contributed by atoms with Crippen LogP contribution in [0.4, 0.5) is 0 Å². The molecule has 19 heavy (non-hydrogen) atoms. The minimum Gasteiger partial charge on any atom is -0.229 e. The minimum absolute atomic E-state index is 0.0276. The molecule has 5 nitrogen and oxygen atoms in total. The molecule has 0 saturated carbocycles. The van der Waals surface area contributed by atoms with E-state index in [-0.39, 0.29) is 16.4 Å². The molecule has 0 spiro atoms. The molecular formula is C10H11Br2NO4S2. The van der Waals surface area contributed by atoms with Crippen molar-refractivity contribution < 1.29 is 16.8 Å². The first kappa shape index (κ1) is 15.4. The molecule has 1 saturated heterocycles. The predicted octanol–water partition coefficient (Wildman–Crippen LogP) is 1.68. The molecule has 0 aliphatic carbocycles. The van der Waals surface area contributed by atoms with Crippen LogP contribution in [-0.4, -0.2) is 34.4 Å². The van der Waals surface area contributed by atoms with Crippen molar-refractivity contribution in [2.75, 3.05) is 11.5 Å². The van der Waals surface area contributed by atoms with E-state index in [0.717, 1.165) is 0 Å². The Morgan fingerprint density at radius 2 is 1.95 bits per heavy atom. The maximum absolute atomic E-state index is 12.2. The van der Waals surface area contributed by atoms with Crippen LogP contribution in [0.25, 0.3) is 0 Å². The fraction of sp³-hybridized carbons (Fsp3) is 0.400. The lowest BCUT2D eigenvalue weighted by Gasteiger charge is -2.13. The molecule has 1 heterocycles. The first-order valence-electron chi connectivity index (χ1n) is 5.37. The van der Waals surface area contributed by atoms with E-state index < -0.39 is 25.9 Å². The Labute approximate surface area is 129 Å². The number of nitrogens with one attached hydrogen (secondary N) is 1. The lowest BCUT2D eigenvalue weighted by Crippen LogP contribution is -2.35. The highest BCUT2D eigenvalue weighted by Crippen LogP contribution is 2.26. The number of rotatable bonds is 3. The highest BCUT2D eigenvalue weighted by Gasteiger charge is 2.32. The Kier molecular flexibility index (Phi) is 4.41. The molecule has 1 N–H and O–H groups in total. The first-order chi connectivity index (χ1) is 8.70. The van der Waals surface area contributed by atoms with E-state index >= 15 is 0 Å². The third-order valence-corrected chi connectivity index (χ3v) is 7.51. The van der Waals surface area contributed by atoms with Gasteiger partial charge in [0.1, 0.15) is 0 Å². The van der Waals surface area contributed by atoms with Crippen molar-refractivity contribution in [3.8, 4) is 0 Å². The summed E-state index contributed by atoms with van der Waals surface area (Å²) in [6.45, 7) is 0. The number of hydrogen-bond acceptors (Lipinski definition) is 4. The topological polar surface area (TPSA) is 80.3 Å². The van der Waals surface area contributed by atoms with Gasteiger partial charge in [-0.2, -0.15) is 0 Å². The molecule has 1 aliphatic rings. The zero-order chi connectivity index (χ0) is 14.3. The van der Waals surface area contributed by atoms with Gasteiger partial charge in [-0.25, -0.2) is 21.6 Å². The van der Waals surface area contributed by atoms with Crippen molar-refractivity contribution in [2.45, 2.75) is 17.4 Å². The molecule has 2 rings (SSSR count). The molecule has 0 radical (unpaired) electrons.